The molecule has 3 saturated carbocycles. The monoisotopic (exact) mass is 642 g/mol. The fourth-order valence-corrected chi connectivity index (χ4v) is 5.09. The lowest BCUT2D eigenvalue weighted by Crippen LogP contribution is -2.39. The summed E-state index contributed by atoms with van der Waals surface area (Å²) in [6.07, 6.45) is 15.3. The van der Waals surface area contributed by atoms with Gasteiger partial charge in [-0.05, 0) is 74.8 Å². The van der Waals surface area contributed by atoms with Crippen molar-refractivity contribution in [1.29, 1.82) is 0 Å². The highest BCUT2D eigenvalue weighted by molar-refractivity contribution is 9.09. The Hall–Kier alpha value is -0.345. The van der Waals surface area contributed by atoms with E-state index < -0.39 is 5.97 Å². The molecule has 0 heterocycles. The molecule has 0 aromatic rings. The molecule has 5 N–H and O–H groups in total. The van der Waals surface area contributed by atoms with Crippen molar-refractivity contribution in [2.24, 2.45) is 23.5 Å². The molecule has 3 fully saturated rings. The quantitative estimate of drug-likeness (QED) is 0.183. The molecule has 0 aromatic heterocycles. The number of hydrogen-bond acceptors (Lipinski definition) is 6. The number of carboxylic acid groups (broad SMARTS) is 1. The minimum absolute atomic E-state index is 0. The number of carbonyl (C=O) groups is 3. The Kier molecular flexibility index (Phi) is 33.5. The van der Waals surface area contributed by atoms with Crippen LogP contribution >= 0.6 is 27.5 Å². The minimum Gasteiger partial charge on any atom is -0.480 e. The van der Waals surface area contributed by atoms with E-state index in [2.05, 4.69) is 47.3 Å². The van der Waals surface area contributed by atoms with Crippen LogP contribution in [0, 0.1) is 17.8 Å². The van der Waals surface area contributed by atoms with E-state index >= 15 is 0 Å². The molecule has 227 valence electrons. The van der Waals surface area contributed by atoms with Crippen LogP contribution in [0.2, 0.25) is 0 Å². The number of carbonyl (C=O) groups excluding carboxylic acids is 2. The van der Waals surface area contributed by atoms with E-state index in [0.29, 0.717) is 41.8 Å². The normalized spacial score (nSPS) is 27.0. The van der Waals surface area contributed by atoms with Crippen molar-refractivity contribution in [2.45, 2.75) is 123 Å². The maximum atomic E-state index is 10.5. The summed E-state index contributed by atoms with van der Waals surface area (Å²) in [7, 11) is 0. The Morgan fingerprint density at radius 1 is 0.750 bits per heavy atom. The van der Waals surface area contributed by atoms with Crippen molar-refractivity contribution in [2.75, 3.05) is 18.4 Å². The van der Waals surface area contributed by atoms with Gasteiger partial charge in [0.1, 0.15) is 5.78 Å². The van der Waals surface area contributed by atoms with Crippen LogP contribution < -0.4 is 16.4 Å². The average molecular weight is 644 g/mol. The number of alkyl halides is 1. The molecule has 0 aromatic carbocycles. The Labute approximate surface area is 263 Å². The lowest BCUT2D eigenvalue weighted by atomic mass is 9.86. The molecule has 12 heteroatoms. The second-order valence-corrected chi connectivity index (χ2v) is 12.0. The SMILES string of the molecule is CC(=O)CBr.CC1CCCCC1N.CC1CCCCC1NCC(=O)Cl.CC1CCCCC1NCC(=O)O.[B].[B].[B]. The smallest absolute Gasteiger partial charge is 0.317 e. The number of hydrogen-bond donors (Lipinski definition) is 4. The molecule has 9 radical (unpaired) electrons. The molecule has 7 nitrogen and oxygen atoms in total. The van der Waals surface area contributed by atoms with E-state index in [0.717, 1.165) is 12.3 Å². The lowest BCUT2D eigenvalue weighted by molar-refractivity contribution is -0.136. The van der Waals surface area contributed by atoms with Crippen molar-refractivity contribution >= 4 is 69.8 Å². The molecule has 40 heavy (non-hydrogen) atoms. The Morgan fingerprint density at radius 2 is 1.10 bits per heavy atom. The first-order valence-corrected chi connectivity index (χ1v) is 15.7. The molecule has 3 aliphatic carbocycles. The van der Waals surface area contributed by atoms with Crippen molar-refractivity contribution in [3.63, 3.8) is 0 Å². The van der Waals surface area contributed by atoms with Gasteiger partial charge in [-0.15, -0.1) is 0 Å². The maximum Gasteiger partial charge on any atom is 0.317 e. The van der Waals surface area contributed by atoms with Crippen molar-refractivity contribution < 1.29 is 19.5 Å². The summed E-state index contributed by atoms with van der Waals surface area (Å²) < 4.78 is 0. The molecular weight excluding hydrogens is 590 g/mol. The lowest BCUT2D eigenvalue weighted by Gasteiger charge is -2.29. The predicted octanol–water partition coefficient (Wildman–Crippen LogP) is 4.51. The van der Waals surface area contributed by atoms with Crippen LogP contribution in [-0.2, 0) is 14.4 Å². The summed E-state index contributed by atoms with van der Waals surface area (Å²) in [6.45, 7) is 8.64. The van der Waals surface area contributed by atoms with Crippen LogP contribution in [0.1, 0.15) is 105 Å². The minimum atomic E-state index is -0.757. The maximum absolute atomic E-state index is 10.5. The van der Waals surface area contributed by atoms with Crippen LogP contribution in [0.15, 0.2) is 0 Å². The molecule has 0 saturated heterocycles. The van der Waals surface area contributed by atoms with Gasteiger partial charge in [0.25, 0.3) is 0 Å². The summed E-state index contributed by atoms with van der Waals surface area (Å²) in [6, 6.07) is 1.43. The van der Waals surface area contributed by atoms with Crippen molar-refractivity contribution in [3.8, 4) is 0 Å². The molecule has 3 rings (SSSR count). The van der Waals surface area contributed by atoms with E-state index in [-0.39, 0.29) is 42.8 Å². The Balaban J connectivity index is -0.000000220. The fourth-order valence-electron chi connectivity index (χ4n) is 5.01. The van der Waals surface area contributed by atoms with Crippen LogP contribution in [0.5, 0.6) is 0 Å². The zero-order chi connectivity index (χ0) is 28.2. The number of carboxylic acids is 1. The van der Waals surface area contributed by atoms with Crippen LogP contribution in [0.3, 0.4) is 0 Å². The molecular formula is C28H53B3BrClN3O4. The van der Waals surface area contributed by atoms with E-state index in [1.807, 2.05) is 0 Å². The third-order valence-corrected chi connectivity index (χ3v) is 8.53. The topological polar surface area (TPSA) is 122 Å². The number of halogens is 2. The van der Waals surface area contributed by atoms with Gasteiger partial charge in [0, 0.05) is 43.4 Å². The van der Waals surface area contributed by atoms with Gasteiger partial charge in [0.2, 0.25) is 5.24 Å². The van der Waals surface area contributed by atoms with Gasteiger partial charge in [-0.1, -0.05) is 75.2 Å². The van der Waals surface area contributed by atoms with Gasteiger partial charge in [0.15, 0.2) is 0 Å². The third kappa shape index (κ3) is 25.4. The first kappa shape index (κ1) is 46.6. The van der Waals surface area contributed by atoms with Gasteiger partial charge in [-0.3, -0.25) is 14.4 Å². The molecule has 6 unspecified atom stereocenters. The summed E-state index contributed by atoms with van der Waals surface area (Å²) >= 11 is 8.21. The van der Waals surface area contributed by atoms with Gasteiger partial charge < -0.3 is 21.5 Å². The molecule has 6 atom stereocenters. The number of rotatable bonds is 7. The van der Waals surface area contributed by atoms with E-state index in [1.165, 1.54) is 77.6 Å². The molecule has 0 amide bonds. The largest absolute Gasteiger partial charge is 0.480 e. The number of ketones is 1. The predicted molar refractivity (Wildman–Crippen MR) is 175 cm³/mol. The fraction of sp³-hybridized carbons (Fsp3) is 0.893. The number of Topliss-reactive ketones (excluding diaryl/α,β-unsaturated/α-hetero) is 1. The van der Waals surface area contributed by atoms with Crippen LogP contribution in [-0.4, -0.2) is 83.9 Å². The second kappa shape index (κ2) is 28.8. The van der Waals surface area contributed by atoms with Crippen molar-refractivity contribution in [3.05, 3.63) is 0 Å². The highest BCUT2D eigenvalue weighted by atomic mass is 79.9. The zero-order valence-corrected chi connectivity index (χ0v) is 27.6. The van der Waals surface area contributed by atoms with E-state index in [9.17, 15) is 14.4 Å². The van der Waals surface area contributed by atoms with E-state index in [1.54, 1.807) is 0 Å². The number of aliphatic carboxylic acids is 1. The first-order chi connectivity index (χ1) is 17.5. The molecule has 0 aliphatic heterocycles. The highest BCUT2D eigenvalue weighted by Crippen LogP contribution is 2.24. The number of nitrogens with two attached hydrogens (primary N) is 1. The second-order valence-electron chi connectivity index (χ2n) is 11.0. The first-order valence-electron chi connectivity index (χ1n) is 14.2. The molecule has 3 aliphatic rings. The van der Waals surface area contributed by atoms with E-state index in [4.69, 9.17) is 22.4 Å². The molecule has 0 bridgehead atoms. The Bertz CT molecular complexity index is 610. The van der Waals surface area contributed by atoms with Gasteiger partial charge in [-0.25, -0.2) is 0 Å². The van der Waals surface area contributed by atoms with Crippen LogP contribution in [0.4, 0.5) is 0 Å². The van der Waals surface area contributed by atoms with Crippen LogP contribution in [0.25, 0.3) is 0 Å². The highest BCUT2D eigenvalue weighted by Gasteiger charge is 2.21. The molecule has 0 spiro atoms. The summed E-state index contributed by atoms with van der Waals surface area (Å²) in [5.41, 5.74) is 5.78. The van der Waals surface area contributed by atoms with Gasteiger partial charge in [0.05, 0.1) is 18.4 Å². The van der Waals surface area contributed by atoms with Gasteiger partial charge >= 0.3 is 5.97 Å². The summed E-state index contributed by atoms with van der Waals surface area (Å²) in [5.74, 6) is 1.52. The summed E-state index contributed by atoms with van der Waals surface area (Å²) in [4.78, 5) is 30.5. The Morgan fingerprint density at radius 3 is 1.38 bits per heavy atom. The number of nitrogens with one attached hydrogen (secondary N) is 2. The summed E-state index contributed by atoms with van der Waals surface area (Å²) in [5, 5.41) is 14.9. The zero-order valence-electron chi connectivity index (χ0n) is 25.3. The van der Waals surface area contributed by atoms with Gasteiger partial charge in [-0.2, -0.15) is 0 Å². The average Bonchev–Trinajstić information content (AvgIpc) is 2.86. The van der Waals surface area contributed by atoms with Crippen molar-refractivity contribution in [1.82, 2.24) is 10.6 Å². The third-order valence-electron chi connectivity index (χ3n) is 7.61. The standard InChI is InChI=1S/C9H16ClNO.C9H17NO2.C7H15N.C3H5BrO.3B/c1-7-4-2-3-5-8(7)11-6-9(10)12;1-7-4-2-3-5-8(7)10-6-9(11)12;1-6-4-2-3-5-7(6)8;1-3(5)2-4;;;/h7-8,11H,2-6H2,1H3;7-8,10H,2-6H2,1H3,(H,11,12);6-7H,2-5,8H2,1H3;2H2,1H3;;;.